The van der Waals surface area contributed by atoms with Crippen LogP contribution in [0, 0.1) is 10.7 Å². The van der Waals surface area contributed by atoms with E-state index in [-0.39, 0.29) is 11.4 Å². The van der Waals surface area contributed by atoms with Crippen LogP contribution in [0.1, 0.15) is 5.56 Å². The van der Waals surface area contributed by atoms with Gasteiger partial charge in [0, 0.05) is 9.92 Å². The number of hydrogen-bond acceptors (Lipinski definition) is 7. The molecule has 1 aromatic heterocycles. The van der Waals surface area contributed by atoms with Crippen molar-refractivity contribution in [1.29, 1.82) is 5.26 Å². The third-order valence-electron chi connectivity index (χ3n) is 4.08. The van der Waals surface area contributed by atoms with Crippen molar-refractivity contribution in [1.82, 2.24) is 9.55 Å². The number of amides is 2. The van der Waals surface area contributed by atoms with E-state index in [0.717, 1.165) is 22.5 Å². The maximum Gasteiger partial charge on any atom is 0.345 e. The van der Waals surface area contributed by atoms with E-state index >= 15 is 0 Å². The van der Waals surface area contributed by atoms with Crippen LogP contribution in [0.4, 0.5) is 10.5 Å². The van der Waals surface area contributed by atoms with Crippen LogP contribution < -0.4 is 21.3 Å². The summed E-state index contributed by atoms with van der Waals surface area (Å²) in [6, 6.07) is 9.86. The van der Waals surface area contributed by atoms with E-state index in [9.17, 15) is 19.5 Å². The van der Waals surface area contributed by atoms with Crippen molar-refractivity contribution < 1.29 is 14.6 Å². The van der Waals surface area contributed by atoms with E-state index < -0.39 is 28.7 Å². The first-order valence-corrected chi connectivity index (χ1v) is 9.96. The topological polar surface area (TPSA) is 150 Å². The van der Waals surface area contributed by atoms with E-state index in [1.807, 2.05) is 5.40 Å². The van der Waals surface area contributed by atoms with Gasteiger partial charge in [0.25, 0.3) is 5.56 Å². The number of nitrogens with zero attached hydrogens (tertiary/aromatic N) is 3. The summed E-state index contributed by atoms with van der Waals surface area (Å²) >= 11 is 6.85. The minimum atomic E-state index is -0.933. The van der Waals surface area contributed by atoms with Gasteiger partial charge >= 0.3 is 11.7 Å². The third kappa shape index (κ3) is 5.00. The second kappa shape index (κ2) is 9.86. The summed E-state index contributed by atoms with van der Waals surface area (Å²) in [6.45, 7) is 0. The number of nitriles is 1. The van der Waals surface area contributed by atoms with Crippen molar-refractivity contribution >= 4 is 41.3 Å². The number of aromatic amines is 1. The highest BCUT2D eigenvalue weighted by molar-refractivity contribution is 8.03. The number of carbonyl (C=O) groups is 1. The molecule has 0 aliphatic heterocycles. The summed E-state index contributed by atoms with van der Waals surface area (Å²) in [6.07, 6.45) is 0.830. The van der Waals surface area contributed by atoms with Crippen LogP contribution in [-0.4, -0.2) is 34.0 Å². The van der Waals surface area contributed by atoms with Crippen LogP contribution in [-0.2, 0) is 0 Å². The summed E-state index contributed by atoms with van der Waals surface area (Å²) in [7, 11) is 1.39. The van der Waals surface area contributed by atoms with E-state index in [4.69, 9.17) is 21.6 Å². The molecule has 3 N–H and O–H groups in total. The van der Waals surface area contributed by atoms with Crippen LogP contribution in [0.3, 0.4) is 0 Å². The molecule has 0 fully saturated rings. The molecule has 3 aromatic rings. The highest BCUT2D eigenvalue weighted by Crippen LogP contribution is 2.30. The fourth-order valence-corrected chi connectivity index (χ4v) is 3.26. The number of thioether (sulfide) groups is 1. The Balaban J connectivity index is 1.91. The van der Waals surface area contributed by atoms with Crippen molar-refractivity contribution in [2.75, 3.05) is 12.4 Å². The number of nitrogens with one attached hydrogen (secondary N) is 2. The Labute approximate surface area is 189 Å². The van der Waals surface area contributed by atoms with E-state index in [0.29, 0.717) is 15.7 Å². The number of carbonyl (C=O) groups excluding carboxylic acids is 1. The lowest BCUT2D eigenvalue weighted by molar-refractivity contribution is 0.259. The van der Waals surface area contributed by atoms with Crippen molar-refractivity contribution in [3.05, 3.63) is 73.9 Å². The van der Waals surface area contributed by atoms with Gasteiger partial charge in [0.2, 0.25) is 5.88 Å². The second-order valence-electron chi connectivity index (χ2n) is 6.06. The molecular formula is C20H14ClN5O5S. The third-order valence-corrected chi connectivity index (χ3v) is 4.89. The van der Waals surface area contributed by atoms with Gasteiger partial charge < -0.3 is 15.2 Å². The SMILES string of the molecule is COc1cc(SC#N)ccc1NC(=O)/N=C/c1c(O)n(-c2cccc(Cl)c2)c(=O)[nH]c1=O. The smallest absolute Gasteiger partial charge is 0.345 e. The zero-order valence-corrected chi connectivity index (χ0v) is 17.9. The highest BCUT2D eigenvalue weighted by Gasteiger charge is 2.15. The molecule has 32 heavy (non-hydrogen) atoms. The molecule has 12 heteroatoms. The Morgan fingerprint density at radius 3 is 2.81 bits per heavy atom. The quantitative estimate of drug-likeness (QED) is 0.294. The number of aliphatic imine (C=N–C) groups is 1. The molecule has 0 aliphatic carbocycles. The number of rotatable bonds is 5. The van der Waals surface area contributed by atoms with Gasteiger partial charge in [0.15, 0.2) is 0 Å². The van der Waals surface area contributed by atoms with Gasteiger partial charge in [-0.05, 0) is 48.2 Å². The Kier molecular flexibility index (Phi) is 6.99. The maximum absolute atomic E-state index is 12.3. The molecule has 0 aliphatic rings. The fraction of sp³-hybridized carbons (Fsp3) is 0.0500. The number of benzene rings is 2. The first-order valence-electron chi connectivity index (χ1n) is 8.77. The molecule has 162 valence electrons. The lowest BCUT2D eigenvalue weighted by atomic mass is 10.3. The van der Waals surface area contributed by atoms with Gasteiger partial charge in [0.1, 0.15) is 16.7 Å². The molecule has 2 aromatic carbocycles. The molecular weight excluding hydrogens is 458 g/mol. The Morgan fingerprint density at radius 2 is 2.12 bits per heavy atom. The largest absolute Gasteiger partial charge is 0.495 e. The molecule has 0 spiro atoms. The number of methoxy groups -OCH3 is 1. The average molecular weight is 472 g/mol. The van der Waals surface area contributed by atoms with Crippen molar-refractivity contribution in [3.8, 4) is 22.7 Å². The number of aromatic hydroxyl groups is 1. The van der Waals surface area contributed by atoms with Crippen LogP contribution in [0.25, 0.3) is 5.69 Å². The second-order valence-corrected chi connectivity index (χ2v) is 7.35. The number of thiocyanates is 1. The number of aromatic nitrogens is 2. The minimum Gasteiger partial charge on any atom is -0.495 e. The zero-order chi connectivity index (χ0) is 23.3. The number of H-pyrrole nitrogens is 1. The number of urea groups is 1. The van der Waals surface area contributed by atoms with Gasteiger partial charge in [-0.25, -0.2) is 19.1 Å². The van der Waals surface area contributed by atoms with Crippen molar-refractivity contribution in [2.45, 2.75) is 4.90 Å². The molecule has 0 radical (unpaired) electrons. The molecule has 1 heterocycles. The summed E-state index contributed by atoms with van der Waals surface area (Å²) < 4.78 is 6.01. The standard InChI is InChI=1S/C20H14ClN5O5S/c1-31-16-8-13(32-10-22)5-6-15(16)24-19(29)23-9-14-17(27)25-20(30)26(18(14)28)12-4-2-3-11(21)7-12/h2-9,28H,1H3,(H,24,29)(H,25,27,30)/b23-9+. The lowest BCUT2D eigenvalue weighted by Gasteiger charge is -2.10. The maximum atomic E-state index is 12.3. The van der Waals surface area contributed by atoms with Crippen molar-refractivity contribution in [2.24, 2.45) is 4.99 Å². The predicted octanol–water partition coefficient (Wildman–Crippen LogP) is 3.12. The number of anilines is 1. The molecule has 0 atom stereocenters. The van der Waals surface area contributed by atoms with Gasteiger partial charge in [-0.2, -0.15) is 5.26 Å². The molecule has 0 saturated heterocycles. The Hall–Kier alpha value is -4.01. The van der Waals surface area contributed by atoms with E-state index in [2.05, 4.69) is 15.3 Å². The van der Waals surface area contributed by atoms with Gasteiger partial charge in [-0.15, -0.1) is 0 Å². The summed E-state index contributed by atoms with van der Waals surface area (Å²) in [5.41, 5.74) is -1.75. The molecule has 10 nitrogen and oxygen atoms in total. The van der Waals surface area contributed by atoms with E-state index in [1.165, 1.54) is 25.3 Å². The first kappa shape index (κ1) is 22.7. The molecule has 0 bridgehead atoms. The number of halogens is 1. The molecule has 3 rings (SSSR count). The predicted molar refractivity (Wildman–Crippen MR) is 120 cm³/mol. The zero-order valence-electron chi connectivity index (χ0n) is 16.3. The summed E-state index contributed by atoms with van der Waals surface area (Å²) in [4.78, 5) is 42.9. The summed E-state index contributed by atoms with van der Waals surface area (Å²) in [5.74, 6) is -0.419. The minimum absolute atomic E-state index is 0.204. The van der Waals surface area contributed by atoms with Crippen LogP contribution in [0.5, 0.6) is 11.6 Å². The monoisotopic (exact) mass is 471 g/mol. The average Bonchev–Trinajstić information content (AvgIpc) is 2.74. The fourth-order valence-electron chi connectivity index (χ4n) is 2.67. The Morgan fingerprint density at radius 1 is 1.34 bits per heavy atom. The summed E-state index contributed by atoms with van der Waals surface area (Å²) in [5, 5.41) is 23.9. The van der Waals surface area contributed by atoms with Crippen LogP contribution >= 0.6 is 23.4 Å². The lowest BCUT2D eigenvalue weighted by Crippen LogP contribution is -2.31. The van der Waals surface area contributed by atoms with Crippen LogP contribution in [0.15, 0.2) is 61.9 Å². The highest BCUT2D eigenvalue weighted by atomic mass is 35.5. The van der Waals surface area contributed by atoms with Crippen LogP contribution in [0.2, 0.25) is 5.02 Å². The molecule has 2 amide bonds. The van der Waals surface area contributed by atoms with Crippen molar-refractivity contribution in [3.63, 3.8) is 0 Å². The first-order chi connectivity index (χ1) is 15.3. The van der Waals surface area contributed by atoms with Gasteiger partial charge in [-0.1, -0.05) is 17.7 Å². The molecule has 0 unspecified atom stereocenters. The number of hydrogen-bond donors (Lipinski definition) is 3. The van der Waals surface area contributed by atoms with Gasteiger partial charge in [-0.3, -0.25) is 9.78 Å². The normalized spacial score (nSPS) is 10.7. The van der Waals surface area contributed by atoms with Gasteiger partial charge in [0.05, 0.1) is 24.7 Å². The molecule has 0 saturated carbocycles. The number of ether oxygens (including phenoxy) is 1. The van der Waals surface area contributed by atoms with E-state index in [1.54, 1.807) is 24.3 Å². The Bertz CT molecular complexity index is 1380.